The van der Waals surface area contributed by atoms with Gasteiger partial charge in [-0.15, -0.1) is 11.3 Å². The summed E-state index contributed by atoms with van der Waals surface area (Å²) >= 11 is 7.72. The van der Waals surface area contributed by atoms with Crippen molar-refractivity contribution in [2.75, 3.05) is 13.7 Å². The van der Waals surface area contributed by atoms with E-state index in [1.807, 2.05) is 25.1 Å². The summed E-state index contributed by atoms with van der Waals surface area (Å²) in [5.74, 6) is 0.937. The largest absolute Gasteiger partial charge is 0.489 e. The molecule has 2 atom stereocenters. The second-order valence-corrected chi connectivity index (χ2v) is 10.7. The number of hydrogen-bond donors (Lipinski definition) is 1. The van der Waals surface area contributed by atoms with E-state index >= 15 is 0 Å². The highest BCUT2D eigenvalue weighted by Gasteiger charge is 2.29. The Morgan fingerprint density at radius 2 is 2.00 bits per heavy atom. The average molecular weight is 507 g/mol. The number of carbonyl (C=O) groups is 2. The quantitative estimate of drug-likeness (QED) is 0.448. The van der Waals surface area contributed by atoms with Crippen LogP contribution in [0.1, 0.15) is 56.2 Å². The molecule has 184 valence electrons. The first-order valence-electron chi connectivity index (χ1n) is 11.8. The van der Waals surface area contributed by atoms with Gasteiger partial charge in [0, 0.05) is 6.54 Å². The molecule has 34 heavy (non-hydrogen) atoms. The summed E-state index contributed by atoms with van der Waals surface area (Å²) in [5.41, 5.74) is 2.43. The molecule has 0 unspecified atom stereocenters. The van der Waals surface area contributed by atoms with Crippen LogP contribution in [0.4, 0.5) is 4.79 Å². The number of methoxy groups -OCH3 is 1. The smallest absolute Gasteiger partial charge is 0.407 e. The highest BCUT2D eigenvalue weighted by Crippen LogP contribution is 2.36. The predicted octanol–water partition coefficient (Wildman–Crippen LogP) is 5.91. The number of aryl methyl sites for hydroxylation is 1. The lowest BCUT2D eigenvalue weighted by molar-refractivity contribution is -0.147. The number of amides is 1. The molecule has 2 aliphatic rings. The van der Waals surface area contributed by atoms with Gasteiger partial charge in [0.1, 0.15) is 5.75 Å². The molecule has 2 saturated carbocycles. The number of thiophene rings is 1. The van der Waals surface area contributed by atoms with Crippen LogP contribution in [0.15, 0.2) is 18.2 Å². The molecule has 0 aliphatic heterocycles. The second kappa shape index (κ2) is 11.4. The lowest BCUT2D eigenvalue weighted by Gasteiger charge is -2.28. The number of pyridine rings is 1. The molecule has 9 heteroatoms. The first kappa shape index (κ1) is 24.8. The van der Waals surface area contributed by atoms with Crippen molar-refractivity contribution in [2.45, 2.75) is 64.5 Å². The maximum Gasteiger partial charge on any atom is 0.407 e. The van der Waals surface area contributed by atoms with Crippen LogP contribution >= 0.6 is 22.9 Å². The fraction of sp³-hybridized carbons (Fsp3) is 0.560. The van der Waals surface area contributed by atoms with E-state index in [-0.39, 0.29) is 18.0 Å². The molecule has 2 fully saturated rings. The van der Waals surface area contributed by atoms with Crippen molar-refractivity contribution in [3.63, 3.8) is 0 Å². The number of halogens is 1. The van der Waals surface area contributed by atoms with Gasteiger partial charge < -0.3 is 19.5 Å². The number of alkyl carbamates (subject to hydrolysis) is 1. The molecule has 2 aromatic heterocycles. The number of aromatic nitrogens is 1. The third-order valence-electron chi connectivity index (χ3n) is 6.60. The van der Waals surface area contributed by atoms with Crippen LogP contribution in [0, 0.1) is 18.8 Å². The Balaban J connectivity index is 1.38. The van der Waals surface area contributed by atoms with Gasteiger partial charge in [0.05, 0.1) is 46.3 Å². The molecule has 0 spiro atoms. The topological polar surface area (TPSA) is 86.8 Å². The summed E-state index contributed by atoms with van der Waals surface area (Å²) in [6.07, 6.45) is 6.37. The van der Waals surface area contributed by atoms with Crippen LogP contribution < -0.4 is 10.1 Å². The first-order chi connectivity index (χ1) is 16.4. The van der Waals surface area contributed by atoms with E-state index in [4.69, 9.17) is 30.8 Å². The number of hydrogen-bond acceptors (Lipinski definition) is 7. The third kappa shape index (κ3) is 6.21. The summed E-state index contributed by atoms with van der Waals surface area (Å²) in [6, 6.07) is 5.67. The van der Waals surface area contributed by atoms with E-state index < -0.39 is 6.09 Å². The third-order valence-corrected chi connectivity index (χ3v) is 7.93. The molecule has 0 aromatic carbocycles. The van der Waals surface area contributed by atoms with Gasteiger partial charge in [0.15, 0.2) is 0 Å². The van der Waals surface area contributed by atoms with Crippen molar-refractivity contribution in [3.8, 4) is 16.3 Å². The van der Waals surface area contributed by atoms with Crippen molar-refractivity contribution in [3.05, 3.63) is 33.8 Å². The van der Waals surface area contributed by atoms with Gasteiger partial charge in [-0.1, -0.05) is 18.0 Å². The maximum absolute atomic E-state index is 12.1. The van der Waals surface area contributed by atoms with Gasteiger partial charge in [0.25, 0.3) is 0 Å². The summed E-state index contributed by atoms with van der Waals surface area (Å²) in [4.78, 5) is 29.6. The minimum absolute atomic E-state index is 0.0360. The Morgan fingerprint density at radius 3 is 2.71 bits per heavy atom. The minimum Gasteiger partial charge on any atom is -0.489 e. The SMILES string of the molecule is COC(=O)[C@H]1CCC[C@H](Oc2ccc(-c3sc(Cl)cc3CNC(=O)OCC3CCC3)nc2C)C1. The van der Waals surface area contributed by atoms with Gasteiger partial charge in [0.2, 0.25) is 0 Å². The summed E-state index contributed by atoms with van der Waals surface area (Å²) < 4.78 is 17.1. The molecular weight excluding hydrogens is 476 g/mol. The van der Waals surface area contributed by atoms with Crippen molar-refractivity contribution in [2.24, 2.45) is 11.8 Å². The van der Waals surface area contributed by atoms with Crippen LogP contribution in [0.5, 0.6) is 5.75 Å². The standard InChI is InChI=1S/C25H31ClN2O5S/c1-15-21(33-19-8-4-7-17(11-19)24(29)31-2)10-9-20(28-15)23-18(12-22(26)34-23)13-27-25(30)32-14-16-5-3-6-16/h9-10,12,16-17,19H,3-8,11,13-14H2,1-2H3,(H,27,30)/t17-,19-/m0/s1. The van der Waals surface area contributed by atoms with Crippen LogP contribution in [-0.2, 0) is 20.8 Å². The monoisotopic (exact) mass is 506 g/mol. The van der Waals surface area contributed by atoms with E-state index in [0.29, 0.717) is 35.6 Å². The Morgan fingerprint density at radius 1 is 1.21 bits per heavy atom. The highest BCUT2D eigenvalue weighted by molar-refractivity contribution is 7.19. The zero-order valence-electron chi connectivity index (χ0n) is 19.6. The van der Waals surface area contributed by atoms with Crippen molar-refractivity contribution >= 4 is 35.0 Å². The zero-order chi connectivity index (χ0) is 24.1. The summed E-state index contributed by atoms with van der Waals surface area (Å²) in [7, 11) is 1.43. The summed E-state index contributed by atoms with van der Waals surface area (Å²) in [6.45, 7) is 2.70. The number of nitrogens with one attached hydrogen (secondary N) is 1. The van der Waals surface area contributed by atoms with Crippen molar-refractivity contribution in [1.82, 2.24) is 10.3 Å². The Labute approximate surface area is 209 Å². The summed E-state index contributed by atoms with van der Waals surface area (Å²) in [5, 5.41) is 2.82. The van der Waals surface area contributed by atoms with Crippen LogP contribution in [0.25, 0.3) is 10.6 Å². The molecule has 4 rings (SSSR count). The van der Waals surface area contributed by atoms with Crippen molar-refractivity contribution in [1.29, 1.82) is 0 Å². The molecule has 1 amide bonds. The average Bonchev–Trinajstić information content (AvgIpc) is 3.18. The minimum atomic E-state index is -0.411. The molecule has 2 aromatic rings. The maximum atomic E-state index is 12.1. The molecule has 7 nitrogen and oxygen atoms in total. The number of carbonyl (C=O) groups excluding carboxylic acids is 2. The van der Waals surface area contributed by atoms with E-state index in [9.17, 15) is 9.59 Å². The zero-order valence-corrected chi connectivity index (χ0v) is 21.2. The van der Waals surface area contributed by atoms with Crippen molar-refractivity contribution < 1.29 is 23.8 Å². The molecule has 0 radical (unpaired) electrons. The highest BCUT2D eigenvalue weighted by atomic mass is 35.5. The number of rotatable bonds is 8. The molecule has 0 saturated heterocycles. The normalized spacial score (nSPS) is 20.3. The van der Waals surface area contributed by atoms with Gasteiger partial charge in [-0.2, -0.15) is 0 Å². The Kier molecular flexibility index (Phi) is 8.32. The Bertz CT molecular complexity index is 1020. The van der Waals surface area contributed by atoms with E-state index in [1.165, 1.54) is 24.9 Å². The van der Waals surface area contributed by atoms with Crippen LogP contribution in [0.3, 0.4) is 0 Å². The lowest BCUT2D eigenvalue weighted by atomic mass is 9.86. The Hall–Kier alpha value is -2.32. The van der Waals surface area contributed by atoms with Crippen LogP contribution in [0.2, 0.25) is 4.34 Å². The van der Waals surface area contributed by atoms with Gasteiger partial charge in [-0.3, -0.25) is 4.79 Å². The number of esters is 1. The predicted molar refractivity (Wildman–Crippen MR) is 131 cm³/mol. The molecule has 1 N–H and O–H groups in total. The van der Waals surface area contributed by atoms with E-state index in [0.717, 1.165) is 53.9 Å². The molecule has 2 heterocycles. The van der Waals surface area contributed by atoms with Gasteiger partial charge in [-0.25, -0.2) is 9.78 Å². The first-order valence-corrected chi connectivity index (χ1v) is 13.0. The molecule has 2 aliphatic carbocycles. The fourth-order valence-electron chi connectivity index (χ4n) is 4.43. The number of nitrogens with zero attached hydrogens (tertiary/aromatic N) is 1. The molecule has 0 bridgehead atoms. The fourth-order valence-corrected chi connectivity index (χ4v) is 5.67. The van der Waals surface area contributed by atoms with E-state index in [2.05, 4.69) is 5.32 Å². The van der Waals surface area contributed by atoms with Gasteiger partial charge in [-0.05, 0) is 75.1 Å². The second-order valence-electron chi connectivity index (χ2n) is 9.06. The van der Waals surface area contributed by atoms with E-state index in [1.54, 1.807) is 0 Å². The number of ether oxygens (including phenoxy) is 3. The molecular formula is C25H31ClN2O5S. The lowest BCUT2D eigenvalue weighted by Crippen LogP contribution is -2.30. The van der Waals surface area contributed by atoms with Crippen LogP contribution in [-0.4, -0.2) is 36.9 Å². The van der Waals surface area contributed by atoms with Gasteiger partial charge >= 0.3 is 12.1 Å².